The fraction of sp³-hybridized carbons (Fsp3) is 0.250. The minimum atomic E-state index is -0.677. The van der Waals surface area contributed by atoms with E-state index in [9.17, 15) is 9.50 Å². The fourth-order valence-electron chi connectivity index (χ4n) is 1.04. The molecule has 1 unspecified atom stereocenters. The van der Waals surface area contributed by atoms with E-state index in [4.69, 9.17) is 10.8 Å². The Labute approximate surface area is 83.1 Å². The number of hydrogen-bond acceptors (Lipinski definition) is 3. The summed E-state index contributed by atoms with van der Waals surface area (Å²) in [5, 5.41) is 18.4. The standard InChI is InChI=1S/C8H9BrFNO2/c1-3(11)6-7(10)4(9)2-5(12)8(6)13/h2-3,12-13H,11H2,1H3. The van der Waals surface area contributed by atoms with E-state index in [1.807, 2.05) is 0 Å². The van der Waals surface area contributed by atoms with Gasteiger partial charge in [-0.2, -0.15) is 0 Å². The predicted octanol–water partition coefficient (Wildman–Crippen LogP) is 2.02. The number of rotatable bonds is 1. The fourth-order valence-corrected chi connectivity index (χ4v) is 1.47. The molecule has 0 bridgehead atoms. The van der Waals surface area contributed by atoms with Gasteiger partial charge in [0.25, 0.3) is 0 Å². The highest BCUT2D eigenvalue weighted by atomic mass is 79.9. The summed E-state index contributed by atoms with van der Waals surface area (Å²) in [4.78, 5) is 0. The molecule has 0 heterocycles. The summed E-state index contributed by atoms with van der Waals surface area (Å²) < 4.78 is 13.4. The second-order valence-corrected chi connectivity index (χ2v) is 3.60. The molecule has 1 rings (SSSR count). The largest absolute Gasteiger partial charge is 0.504 e. The van der Waals surface area contributed by atoms with E-state index in [0.29, 0.717) is 0 Å². The number of aromatic hydroxyl groups is 2. The van der Waals surface area contributed by atoms with Crippen molar-refractivity contribution in [3.8, 4) is 11.5 Å². The molecule has 0 spiro atoms. The quantitative estimate of drug-likeness (QED) is 0.668. The number of hydrogen-bond donors (Lipinski definition) is 3. The third-order valence-corrected chi connectivity index (χ3v) is 2.24. The van der Waals surface area contributed by atoms with E-state index in [0.717, 1.165) is 6.07 Å². The Bertz CT molecular complexity index is 315. The third-order valence-electron chi connectivity index (χ3n) is 1.66. The van der Waals surface area contributed by atoms with Crippen LogP contribution in [0.15, 0.2) is 10.5 Å². The van der Waals surface area contributed by atoms with Crippen LogP contribution in [-0.4, -0.2) is 10.2 Å². The lowest BCUT2D eigenvalue weighted by molar-refractivity contribution is 0.389. The first-order valence-corrected chi connectivity index (χ1v) is 4.39. The summed E-state index contributed by atoms with van der Waals surface area (Å²) in [6.45, 7) is 1.52. The van der Waals surface area contributed by atoms with Gasteiger partial charge in [0.2, 0.25) is 0 Å². The van der Waals surface area contributed by atoms with Crippen LogP contribution in [0.1, 0.15) is 18.5 Å². The van der Waals surface area contributed by atoms with Crippen LogP contribution in [0.4, 0.5) is 4.39 Å². The molecule has 0 saturated heterocycles. The number of halogens is 2. The lowest BCUT2D eigenvalue weighted by Crippen LogP contribution is -2.08. The first-order valence-electron chi connectivity index (χ1n) is 3.60. The first-order chi connectivity index (χ1) is 5.95. The van der Waals surface area contributed by atoms with Gasteiger partial charge in [0, 0.05) is 12.1 Å². The van der Waals surface area contributed by atoms with Gasteiger partial charge in [-0.25, -0.2) is 4.39 Å². The molecule has 4 N–H and O–H groups in total. The molecule has 0 aliphatic heterocycles. The number of phenolic OH excluding ortho intramolecular Hbond substituents is 2. The van der Waals surface area contributed by atoms with Gasteiger partial charge in [-0.05, 0) is 22.9 Å². The van der Waals surface area contributed by atoms with E-state index < -0.39 is 17.6 Å². The van der Waals surface area contributed by atoms with E-state index >= 15 is 0 Å². The van der Waals surface area contributed by atoms with Gasteiger partial charge in [0.05, 0.1) is 10.0 Å². The molecule has 0 amide bonds. The van der Waals surface area contributed by atoms with Crippen molar-refractivity contribution in [3.05, 3.63) is 21.9 Å². The minimum Gasteiger partial charge on any atom is -0.504 e. The summed E-state index contributed by atoms with van der Waals surface area (Å²) in [5.41, 5.74) is 5.33. The van der Waals surface area contributed by atoms with Crippen molar-refractivity contribution in [3.63, 3.8) is 0 Å². The Morgan fingerprint density at radius 1 is 1.54 bits per heavy atom. The molecule has 0 aromatic heterocycles. The second kappa shape index (κ2) is 3.51. The highest BCUT2D eigenvalue weighted by Gasteiger charge is 2.18. The van der Waals surface area contributed by atoms with Crippen LogP contribution in [0, 0.1) is 5.82 Å². The molecule has 1 aromatic carbocycles. The van der Waals surface area contributed by atoms with E-state index in [-0.39, 0.29) is 15.8 Å². The van der Waals surface area contributed by atoms with Crippen LogP contribution in [0.2, 0.25) is 0 Å². The van der Waals surface area contributed by atoms with Crippen molar-refractivity contribution in [2.24, 2.45) is 5.73 Å². The maximum absolute atomic E-state index is 13.3. The van der Waals surface area contributed by atoms with Crippen molar-refractivity contribution >= 4 is 15.9 Å². The number of phenols is 2. The summed E-state index contributed by atoms with van der Waals surface area (Å²) in [7, 11) is 0. The maximum atomic E-state index is 13.3. The van der Waals surface area contributed by atoms with Crippen LogP contribution in [0.25, 0.3) is 0 Å². The Kier molecular flexibility index (Phi) is 2.77. The molecular weight excluding hydrogens is 241 g/mol. The summed E-state index contributed by atoms with van der Waals surface area (Å²) in [6.07, 6.45) is 0. The number of nitrogens with two attached hydrogens (primary N) is 1. The minimum absolute atomic E-state index is 0.0788. The highest BCUT2D eigenvalue weighted by Crippen LogP contribution is 2.38. The molecule has 0 saturated carbocycles. The van der Waals surface area contributed by atoms with Gasteiger partial charge in [-0.1, -0.05) is 0 Å². The molecule has 0 fully saturated rings. The van der Waals surface area contributed by atoms with Crippen molar-refractivity contribution in [2.45, 2.75) is 13.0 Å². The molecule has 1 aromatic rings. The second-order valence-electron chi connectivity index (χ2n) is 2.74. The Balaban J connectivity index is 3.46. The zero-order valence-corrected chi connectivity index (χ0v) is 8.47. The average Bonchev–Trinajstić information content (AvgIpc) is 2.01. The number of benzene rings is 1. The topological polar surface area (TPSA) is 66.5 Å². The monoisotopic (exact) mass is 249 g/mol. The summed E-state index contributed by atoms with van der Waals surface area (Å²) in [5.74, 6) is -1.54. The van der Waals surface area contributed by atoms with E-state index in [2.05, 4.69) is 15.9 Å². The average molecular weight is 250 g/mol. The normalized spacial score (nSPS) is 12.9. The molecule has 0 radical (unpaired) electrons. The van der Waals surface area contributed by atoms with Crippen LogP contribution in [0.5, 0.6) is 11.5 Å². The van der Waals surface area contributed by atoms with Gasteiger partial charge in [-0.3, -0.25) is 0 Å². The van der Waals surface area contributed by atoms with Crippen LogP contribution in [0.3, 0.4) is 0 Å². The van der Waals surface area contributed by atoms with Crippen LogP contribution in [-0.2, 0) is 0 Å². The molecular formula is C8H9BrFNO2. The highest BCUT2D eigenvalue weighted by molar-refractivity contribution is 9.10. The predicted molar refractivity (Wildman–Crippen MR) is 50.0 cm³/mol. The van der Waals surface area contributed by atoms with Gasteiger partial charge in [-0.15, -0.1) is 0 Å². The smallest absolute Gasteiger partial charge is 0.165 e. The maximum Gasteiger partial charge on any atom is 0.165 e. The van der Waals surface area contributed by atoms with Crippen molar-refractivity contribution in [1.29, 1.82) is 0 Å². The van der Waals surface area contributed by atoms with Crippen molar-refractivity contribution < 1.29 is 14.6 Å². The SMILES string of the molecule is CC(N)c1c(O)c(O)cc(Br)c1F. The first kappa shape index (κ1) is 10.3. The van der Waals surface area contributed by atoms with E-state index in [1.165, 1.54) is 6.92 Å². The summed E-state index contributed by atoms with van der Waals surface area (Å²) >= 11 is 2.90. The van der Waals surface area contributed by atoms with Crippen LogP contribution < -0.4 is 5.73 Å². The molecule has 0 aliphatic carbocycles. The third kappa shape index (κ3) is 1.76. The molecule has 0 aliphatic rings. The molecule has 1 atom stereocenters. The lowest BCUT2D eigenvalue weighted by atomic mass is 10.1. The summed E-state index contributed by atoms with van der Waals surface area (Å²) in [6, 6.07) is 0.402. The van der Waals surface area contributed by atoms with Gasteiger partial charge >= 0.3 is 0 Å². The molecule has 5 heteroatoms. The van der Waals surface area contributed by atoms with Crippen molar-refractivity contribution in [1.82, 2.24) is 0 Å². The van der Waals surface area contributed by atoms with Crippen LogP contribution >= 0.6 is 15.9 Å². The van der Waals surface area contributed by atoms with Gasteiger partial charge < -0.3 is 15.9 Å². The Hall–Kier alpha value is -0.810. The van der Waals surface area contributed by atoms with Gasteiger partial charge in [0.15, 0.2) is 11.5 Å². The Morgan fingerprint density at radius 3 is 2.54 bits per heavy atom. The molecule has 13 heavy (non-hydrogen) atoms. The van der Waals surface area contributed by atoms with Crippen molar-refractivity contribution in [2.75, 3.05) is 0 Å². The zero-order valence-electron chi connectivity index (χ0n) is 6.88. The molecule has 72 valence electrons. The van der Waals surface area contributed by atoms with E-state index in [1.54, 1.807) is 0 Å². The van der Waals surface area contributed by atoms with Gasteiger partial charge in [0.1, 0.15) is 5.82 Å². The zero-order chi connectivity index (χ0) is 10.2. The Morgan fingerprint density at radius 2 is 2.08 bits per heavy atom. The molecule has 3 nitrogen and oxygen atoms in total. The lowest BCUT2D eigenvalue weighted by Gasteiger charge is -2.11.